The number of halogens is 2. The molecule has 7 rings (SSSR count). The summed E-state index contributed by atoms with van der Waals surface area (Å²) in [6.45, 7) is 4.63. The Morgan fingerprint density at radius 2 is 1.88 bits per heavy atom. The highest BCUT2D eigenvalue weighted by molar-refractivity contribution is 7.79. The van der Waals surface area contributed by atoms with E-state index >= 15 is 0 Å². The average Bonchev–Trinajstić information content (AvgIpc) is 3.85. The summed E-state index contributed by atoms with van der Waals surface area (Å²) in [5.74, 6) is 0.737. The lowest BCUT2D eigenvalue weighted by Crippen LogP contribution is -2.29. The third kappa shape index (κ3) is 12.4. The molecular weight excluding hydrogens is 701 g/mol. The van der Waals surface area contributed by atoms with E-state index in [2.05, 4.69) is 86.1 Å². The van der Waals surface area contributed by atoms with Crippen molar-refractivity contribution >= 4 is 58.6 Å². The Balaban J connectivity index is 0.000000165. The number of rotatable bonds is 9. The van der Waals surface area contributed by atoms with Gasteiger partial charge in [0.1, 0.15) is 5.82 Å². The summed E-state index contributed by atoms with van der Waals surface area (Å²) < 4.78 is 13.9. The number of aliphatic hydroxyl groups excluding tert-OH is 1. The van der Waals surface area contributed by atoms with Gasteiger partial charge < -0.3 is 31.4 Å². The van der Waals surface area contributed by atoms with Crippen LogP contribution in [0.2, 0.25) is 5.02 Å². The normalized spacial score (nSPS) is 16.3. The molecule has 270 valence electrons. The van der Waals surface area contributed by atoms with Crippen molar-refractivity contribution in [2.45, 2.75) is 51.1 Å². The smallest absolute Gasteiger partial charge is 0.174 e. The second kappa shape index (κ2) is 21.5. The van der Waals surface area contributed by atoms with Crippen LogP contribution >= 0.6 is 36.0 Å². The number of nitrogens with one attached hydrogen (secondary N) is 4. The molecule has 2 aliphatic rings. The first-order valence-electron chi connectivity index (χ1n) is 17.1. The minimum Gasteiger partial charge on any atom is -0.395 e. The maximum atomic E-state index is 13.2. The molecule has 3 heterocycles. The molecule has 1 aliphatic carbocycles. The number of aromatic amines is 2. The van der Waals surface area contributed by atoms with Gasteiger partial charge in [-0.2, -0.15) is 0 Å². The number of aliphatic hydroxyl groups is 1. The minimum absolute atomic E-state index is 0.0972. The number of fused-ring (bicyclic) bond motifs is 2. The molecule has 0 spiro atoms. The van der Waals surface area contributed by atoms with Crippen molar-refractivity contribution in [3.05, 3.63) is 129 Å². The Labute approximate surface area is 315 Å². The first kappa shape index (κ1) is 39.9. The lowest BCUT2D eigenvalue weighted by Gasteiger charge is -2.26. The fourth-order valence-electron chi connectivity index (χ4n) is 6.11. The van der Waals surface area contributed by atoms with Gasteiger partial charge in [-0.15, -0.1) is 0 Å². The van der Waals surface area contributed by atoms with Crippen LogP contribution in [0.15, 0.2) is 90.2 Å². The van der Waals surface area contributed by atoms with Crippen molar-refractivity contribution in [2.24, 2.45) is 16.6 Å². The maximum Gasteiger partial charge on any atom is 0.174 e. The number of thiocarbonyl (C=S) groups is 1. The molecule has 12 heteroatoms. The van der Waals surface area contributed by atoms with Gasteiger partial charge >= 0.3 is 0 Å². The number of nitrogens with zero attached hydrogens (tertiary/aromatic N) is 2. The number of benzene rings is 3. The molecular formula is C39H47ClFN7OS2. The van der Waals surface area contributed by atoms with Crippen LogP contribution in [0.5, 0.6) is 0 Å². The predicted octanol–water partition coefficient (Wildman–Crippen LogP) is 7.46. The van der Waals surface area contributed by atoms with Gasteiger partial charge in [0.25, 0.3) is 0 Å². The van der Waals surface area contributed by atoms with Crippen LogP contribution in [0.4, 0.5) is 4.39 Å². The van der Waals surface area contributed by atoms with Gasteiger partial charge in [-0.1, -0.05) is 85.3 Å². The Kier molecular flexibility index (Phi) is 16.8. The molecule has 0 fully saturated rings. The SMILES string of the molecule is C1=NCC(CC2CCc3ccccc3C2)N1.C[C@@H](c1c[nH]c(=S)[nH]1)c1cccc2ncccc12.Fc1c(Cl)cccc1CNCC=S.NCCO. The van der Waals surface area contributed by atoms with Gasteiger partial charge in [0.2, 0.25) is 0 Å². The van der Waals surface area contributed by atoms with Crippen LogP contribution in [0.25, 0.3) is 10.9 Å². The number of aryl methyl sites for hydroxylation is 1. The number of imidazole rings is 1. The first-order valence-corrected chi connectivity index (χ1v) is 18.4. The largest absolute Gasteiger partial charge is 0.395 e. The summed E-state index contributed by atoms with van der Waals surface area (Å²) >= 11 is 15.3. The Morgan fingerprint density at radius 3 is 2.59 bits per heavy atom. The fraction of sp³-hybridized carbons (Fsp3) is 0.333. The summed E-state index contributed by atoms with van der Waals surface area (Å²) in [5.41, 5.74) is 11.8. The van der Waals surface area contributed by atoms with Gasteiger partial charge in [0.05, 0.1) is 30.0 Å². The molecule has 0 bridgehead atoms. The van der Waals surface area contributed by atoms with Crippen molar-refractivity contribution in [3.8, 4) is 0 Å². The van der Waals surface area contributed by atoms with E-state index in [4.69, 9.17) is 34.7 Å². The zero-order valence-electron chi connectivity index (χ0n) is 28.8. The zero-order chi connectivity index (χ0) is 36.4. The maximum absolute atomic E-state index is 13.2. The summed E-state index contributed by atoms with van der Waals surface area (Å²) in [6, 6.07) is 24.7. The molecule has 5 aromatic rings. The van der Waals surface area contributed by atoms with Crippen molar-refractivity contribution in [1.82, 2.24) is 25.6 Å². The first-order chi connectivity index (χ1) is 24.8. The van der Waals surface area contributed by atoms with E-state index in [1.165, 1.54) is 42.7 Å². The Bertz CT molecular complexity index is 1880. The van der Waals surface area contributed by atoms with E-state index in [0.29, 0.717) is 36.0 Å². The number of aliphatic imine (C=N–C) groups is 1. The lowest BCUT2D eigenvalue weighted by atomic mass is 9.81. The van der Waals surface area contributed by atoms with Crippen molar-refractivity contribution in [2.75, 3.05) is 26.2 Å². The second-order valence-electron chi connectivity index (χ2n) is 12.3. The number of H-pyrrole nitrogens is 2. The van der Waals surface area contributed by atoms with Crippen LogP contribution in [0.1, 0.15) is 53.6 Å². The molecule has 3 atom stereocenters. The average molecular weight is 748 g/mol. The van der Waals surface area contributed by atoms with Crippen LogP contribution in [-0.4, -0.2) is 64.0 Å². The van der Waals surface area contributed by atoms with Crippen molar-refractivity contribution < 1.29 is 9.50 Å². The summed E-state index contributed by atoms with van der Waals surface area (Å²) in [4.78, 5) is 14.8. The Morgan fingerprint density at radius 1 is 1.10 bits per heavy atom. The molecule has 7 N–H and O–H groups in total. The van der Waals surface area contributed by atoms with Crippen molar-refractivity contribution in [3.63, 3.8) is 0 Å². The second-order valence-corrected chi connectivity index (χ2v) is 13.5. The third-order valence-corrected chi connectivity index (χ3v) is 9.41. The van der Waals surface area contributed by atoms with E-state index in [0.717, 1.165) is 23.7 Å². The molecule has 2 unspecified atom stereocenters. The van der Waals surface area contributed by atoms with Gasteiger partial charge in [-0.3, -0.25) is 9.98 Å². The molecule has 51 heavy (non-hydrogen) atoms. The molecule has 0 amide bonds. The predicted molar refractivity (Wildman–Crippen MR) is 215 cm³/mol. The molecule has 1 aliphatic heterocycles. The standard InChI is InChI=1S/C14H13N3S.C14H18N2.C9H9ClFNS.C2H7NO/c1-9(13-8-16-14(18)17-13)10-4-2-6-12-11(10)5-3-7-15-12;1-2-4-13-7-11(5-6-12(13)3-1)8-14-9-15-10-16-14;10-8-3-1-2-7(9(8)11)6-12-4-5-13;3-1-2-4/h2-9H,1H3,(H2,16,17,18);1-4,10-11,14H,5-9H2,(H,15,16);1-3,5,12H,4,6H2;4H,1-3H2/t9-;;;/m1.../s1. The number of hydrogen-bond acceptors (Lipinski definition) is 8. The summed E-state index contributed by atoms with van der Waals surface area (Å²) in [5, 5.41) is 16.9. The van der Waals surface area contributed by atoms with E-state index in [1.807, 2.05) is 36.9 Å². The summed E-state index contributed by atoms with van der Waals surface area (Å²) in [6.07, 6.45) is 10.7. The zero-order valence-corrected chi connectivity index (χ0v) is 31.2. The van der Waals surface area contributed by atoms with Gasteiger partial charge in [-0.25, -0.2) is 4.39 Å². The van der Waals surface area contributed by atoms with Crippen LogP contribution in [0.3, 0.4) is 0 Å². The fourth-order valence-corrected chi connectivity index (χ4v) is 6.60. The summed E-state index contributed by atoms with van der Waals surface area (Å²) in [7, 11) is 0. The molecule has 0 radical (unpaired) electrons. The van der Waals surface area contributed by atoms with E-state index in [9.17, 15) is 4.39 Å². The number of nitrogens with two attached hydrogens (primary N) is 1. The van der Waals surface area contributed by atoms with Crippen LogP contribution in [-0.2, 0) is 19.4 Å². The van der Waals surface area contributed by atoms with Gasteiger partial charge in [-0.05, 0) is 84.1 Å². The minimum atomic E-state index is -0.360. The Hall–Kier alpha value is -3.84. The lowest BCUT2D eigenvalue weighted by molar-refractivity contribution is 0.306. The molecule has 0 saturated heterocycles. The highest BCUT2D eigenvalue weighted by Gasteiger charge is 2.22. The van der Waals surface area contributed by atoms with Crippen LogP contribution in [0, 0.1) is 16.5 Å². The van der Waals surface area contributed by atoms with Gasteiger partial charge in [0.15, 0.2) is 4.77 Å². The van der Waals surface area contributed by atoms with Crippen LogP contribution < -0.4 is 16.4 Å². The number of hydrogen-bond donors (Lipinski definition) is 6. The van der Waals surface area contributed by atoms with E-state index in [-0.39, 0.29) is 23.4 Å². The van der Waals surface area contributed by atoms with E-state index < -0.39 is 0 Å². The highest BCUT2D eigenvalue weighted by Crippen LogP contribution is 2.29. The number of pyridine rings is 1. The van der Waals surface area contributed by atoms with Crippen molar-refractivity contribution in [1.29, 1.82) is 0 Å². The number of aromatic nitrogens is 3. The monoisotopic (exact) mass is 747 g/mol. The third-order valence-electron chi connectivity index (χ3n) is 8.73. The van der Waals surface area contributed by atoms with Gasteiger partial charge in [0, 0.05) is 60.6 Å². The topological polar surface area (TPSA) is 127 Å². The molecule has 0 saturated carbocycles. The highest BCUT2D eigenvalue weighted by atomic mass is 35.5. The van der Waals surface area contributed by atoms with E-state index in [1.54, 1.807) is 28.6 Å². The molecule has 8 nitrogen and oxygen atoms in total. The molecule has 2 aromatic heterocycles. The molecule has 3 aromatic carbocycles. The quantitative estimate of drug-likeness (QED) is 0.0683.